The topological polar surface area (TPSA) is 0 Å². The third-order valence-corrected chi connectivity index (χ3v) is 11.4. The van der Waals surface area contributed by atoms with Crippen molar-refractivity contribution < 1.29 is 0 Å². The van der Waals surface area contributed by atoms with Crippen LogP contribution in [0, 0.1) is 17.8 Å². The van der Waals surface area contributed by atoms with Crippen LogP contribution < -0.4 is 15.6 Å². The van der Waals surface area contributed by atoms with Gasteiger partial charge in [-0.2, -0.15) is 0 Å². The SMILES string of the molecule is C(=C\[Si](c1ccccc1)(c1ccccc1)c1ccccc1)/C1C2CCCCC12. The zero-order valence-corrected chi connectivity index (χ0v) is 17.4. The second-order valence-electron chi connectivity index (χ2n) is 8.45. The first-order valence-corrected chi connectivity index (χ1v) is 12.8. The van der Waals surface area contributed by atoms with E-state index in [2.05, 4.69) is 103 Å². The summed E-state index contributed by atoms with van der Waals surface area (Å²) in [6, 6.07) is 33.7. The van der Waals surface area contributed by atoms with Crippen molar-refractivity contribution in [3.63, 3.8) is 0 Å². The predicted octanol–water partition coefficient (Wildman–Crippen LogP) is 4.69. The standard InChI is InChI=1S/C27H28Si/c1-4-12-22(13-5-1)28(23-14-6-2-7-15-23,24-16-8-3-9-17-24)21-20-27-25-18-10-11-19-26(25)27/h1-9,12-17,20-21,25-27H,10-11,18-19H2/b21-20+. The van der Waals surface area contributed by atoms with E-state index in [1.165, 1.54) is 41.2 Å². The first kappa shape index (κ1) is 17.7. The van der Waals surface area contributed by atoms with E-state index >= 15 is 0 Å². The van der Waals surface area contributed by atoms with Crippen LogP contribution in [0.5, 0.6) is 0 Å². The normalized spacial score (nSPS) is 24.1. The predicted molar refractivity (Wildman–Crippen MR) is 122 cm³/mol. The van der Waals surface area contributed by atoms with Crippen LogP contribution in [0.4, 0.5) is 0 Å². The van der Waals surface area contributed by atoms with Gasteiger partial charge in [-0.25, -0.2) is 0 Å². The number of hydrogen-bond acceptors (Lipinski definition) is 0. The fraction of sp³-hybridized carbons (Fsp3) is 0.259. The average molecular weight is 381 g/mol. The second kappa shape index (κ2) is 7.56. The van der Waals surface area contributed by atoms with Gasteiger partial charge in [0.2, 0.25) is 0 Å². The molecule has 2 saturated carbocycles. The highest BCUT2D eigenvalue weighted by molar-refractivity contribution is 7.14. The minimum absolute atomic E-state index is 0.811. The minimum Gasteiger partial charge on any atom is -0.0877 e. The number of hydrogen-bond donors (Lipinski definition) is 0. The van der Waals surface area contributed by atoms with Gasteiger partial charge in [0.25, 0.3) is 0 Å². The van der Waals surface area contributed by atoms with Crippen molar-refractivity contribution in [2.24, 2.45) is 17.8 Å². The van der Waals surface area contributed by atoms with Crippen LogP contribution in [-0.4, -0.2) is 8.07 Å². The Morgan fingerprint density at radius 3 is 1.36 bits per heavy atom. The Labute approximate surface area is 170 Å². The van der Waals surface area contributed by atoms with E-state index < -0.39 is 8.07 Å². The van der Waals surface area contributed by atoms with E-state index in [0.717, 1.165) is 17.8 Å². The van der Waals surface area contributed by atoms with Crippen LogP contribution >= 0.6 is 0 Å². The molecule has 0 aromatic heterocycles. The molecule has 2 aliphatic carbocycles. The van der Waals surface area contributed by atoms with Gasteiger partial charge in [-0.05, 0) is 46.2 Å². The van der Waals surface area contributed by atoms with E-state index in [1.54, 1.807) is 0 Å². The Morgan fingerprint density at radius 2 is 0.964 bits per heavy atom. The van der Waals surface area contributed by atoms with Gasteiger partial charge < -0.3 is 0 Å². The van der Waals surface area contributed by atoms with E-state index in [1.807, 2.05) is 0 Å². The van der Waals surface area contributed by atoms with Gasteiger partial charge in [0.15, 0.2) is 8.07 Å². The van der Waals surface area contributed by atoms with Gasteiger partial charge in [-0.1, -0.05) is 116 Å². The quantitative estimate of drug-likeness (QED) is 0.445. The van der Waals surface area contributed by atoms with Gasteiger partial charge in [0.05, 0.1) is 0 Å². The molecule has 0 saturated heterocycles. The highest BCUT2D eigenvalue weighted by Crippen LogP contribution is 2.56. The third kappa shape index (κ3) is 3.08. The number of fused-ring (bicyclic) bond motifs is 1. The highest BCUT2D eigenvalue weighted by Gasteiger charge is 2.49. The Balaban J connectivity index is 1.66. The molecule has 0 heterocycles. The average Bonchev–Trinajstić information content (AvgIpc) is 3.50. The van der Waals surface area contributed by atoms with E-state index in [0.29, 0.717) is 0 Å². The maximum atomic E-state index is 2.66. The van der Waals surface area contributed by atoms with Crippen LogP contribution in [0.25, 0.3) is 0 Å². The molecule has 0 radical (unpaired) electrons. The summed E-state index contributed by atoms with van der Waals surface area (Å²) >= 11 is 0. The molecule has 3 aromatic carbocycles. The van der Waals surface area contributed by atoms with Gasteiger partial charge in [-0.15, -0.1) is 0 Å². The fourth-order valence-electron chi connectivity index (χ4n) is 5.48. The van der Waals surface area contributed by atoms with E-state index in [-0.39, 0.29) is 0 Å². The molecule has 140 valence electrons. The van der Waals surface area contributed by atoms with Crippen LogP contribution in [0.1, 0.15) is 25.7 Å². The molecule has 0 bridgehead atoms. The molecule has 2 aliphatic rings. The van der Waals surface area contributed by atoms with Crippen LogP contribution in [0.15, 0.2) is 103 Å². The largest absolute Gasteiger partial charge is 0.172 e. The van der Waals surface area contributed by atoms with Crippen molar-refractivity contribution in [3.05, 3.63) is 103 Å². The summed E-state index contributed by atoms with van der Waals surface area (Å²) in [4.78, 5) is 0. The van der Waals surface area contributed by atoms with E-state index in [4.69, 9.17) is 0 Å². The summed E-state index contributed by atoms with van der Waals surface area (Å²) in [6.07, 6.45) is 8.38. The van der Waals surface area contributed by atoms with Gasteiger partial charge in [-0.3, -0.25) is 0 Å². The van der Waals surface area contributed by atoms with Crippen molar-refractivity contribution in [2.45, 2.75) is 25.7 Å². The van der Waals surface area contributed by atoms with Gasteiger partial charge in [0.1, 0.15) is 0 Å². The molecule has 1 heteroatoms. The Kier molecular flexibility index (Phi) is 4.78. The monoisotopic (exact) mass is 380 g/mol. The molecule has 2 fully saturated rings. The van der Waals surface area contributed by atoms with Gasteiger partial charge in [0, 0.05) is 0 Å². The smallest absolute Gasteiger partial charge is 0.0877 e. The Hall–Kier alpha value is -2.38. The summed E-state index contributed by atoms with van der Waals surface area (Å²) in [5.74, 6) is 2.73. The lowest BCUT2D eigenvalue weighted by Gasteiger charge is -2.30. The molecule has 0 N–H and O–H groups in total. The number of benzene rings is 3. The molecule has 2 unspecified atom stereocenters. The molecule has 3 aromatic rings. The molecule has 5 rings (SSSR count). The van der Waals surface area contributed by atoms with Crippen LogP contribution in [-0.2, 0) is 0 Å². The lowest BCUT2D eigenvalue weighted by Crippen LogP contribution is -2.66. The molecular formula is C27H28Si. The van der Waals surface area contributed by atoms with Crippen molar-refractivity contribution >= 4 is 23.6 Å². The van der Waals surface area contributed by atoms with Crippen LogP contribution in [0.3, 0.4) is 0 Å². The summed E-state index contributed by atoms with van der Waals surface area (Å²) in [5, 5.41) is 4.44. The Bertz CT molecular complexity index is 821. The minimum atomic E-state index is -2.19. The van der Waals surface area contributed by atoms with Crippen LogP contribution in [0.2, 0.25) is 0 Å². The van der Waals surface area contributed by atoms with Crippen molar-refractivity contribution in [1.29, 1.82) is 0 Å². The molecule has 0 spiro atoms. The molecule has 28 heavy (non-hydrogen) atoms. The second-order valence-corrected chi connectivity index (χ2v) is 12.1. The molecule has 2 atom stereocenters. The molecular weight excluding hydrogens is 352 g/mol. The van der Waals surface area contributed by atoms with Gasteiger partial charge >= 0.3 is 0 Å². The van der Waals surface area contributed by atoms with Crippen molar-refractivity contribution in [1.82, 2.24) is 0 Å². The Morgan fingerprint density at radius 1 is 0.571 bits per heavy atom. The lowest BCUT2D eigenvalue weighted by atomic mass is 10.0. The summed E-state index contributed by atoms with van der Waals surface area (Å²) in [5.41, 5.74) is 2.66. The molecule has 0 nitrogen and oxygen atoms in total. The zero-order chi connectivity index (χ0) is 18.8. The van der Waals surface area contributed by atoms with Crippen molar-refractivity contribution in [3.8, 4) is 0 Å². The number of allylic oxidation sites excluding steroid dienone is 1. The highest BCUT2D eigenvalue weighted by atomic mass is 28.3. The summed E-state index contributed by atoms with van der Waals surface area (Å²) in [6.45, 7) is 0. The lowest BCUT2D eigenvalue weighted by molar-refractivity contribution is 0.480. The maximum absolute atomic E-state index is 2.66. The first-order chi connectivity index (χ1) is 13.9. The molecule has 0 aliphatic heterocycles. The first-order valence-electron chi connectivity index (χ1n) is 10.8. The molecule has 0 amide bonds. The summed E-state index contributed by atoms with van der Waals surface area (Å²) < 4.78 is 0. The fourth-order valence-corrected chi connectivity index (χ4v) is 9.72. The third-order valence-electron chi connectivity index (χ3n) is 6.98. The summed E-state index contributed by atoms with van der Waals surface area (Å²) in [7, 11) is -2.19. The zero-order valence-electron chi connectivity index (χ0n) is 16.4. The van der Waals surface area contributed by atoms with E-state index in [9.17, 15) is 0 Å². The van der Waals surface area contributed by atoms with Crippen molar-refractivity contribution in [2.75, 3.05) is 0 Å². The maximum Gasteiger partial charge on any atom is 0.172 e. The number of rotatable bonds is 5.